The maximum absolute atomic E-state index is 12.7. The maximum atomic E-state index is 12.7. The third-order valence-corrected chi connectivity index (χ3v) is 6.27. The molecule has 3 aliphatic rings. The average Bonchev–Trinajstić information content (AvgIpc) is 3.16. The fourth-order valence-electron chi connectivity index (χ4n) is 4.59. The summed E-state index contributed by atoms with van der Waals surface area (Å²) in [5.74, 6) is 1.51. The van der Waals surface area contributed by atoms with Gasteiger partial charge in [0.1, 0.15) is 5.75 Å². The quantitative estimate of drug-likeness (QED) is 0.783. The van der Waals surface area contributed by atoms with Crippen molar-refractivity contribution in [3.63, 3.8) is 0 Å². The molecule has 0 atom stereocenters. The lowest BCUT2D eigenvalue weighted by Crippen LogP contribution is -2.37. The maximum Gasteiger partial charge on any atom is 0.414 e. The first kappa shape index (κ1) is 18.6. The summed E-state index contributed by atoms with van der Waals surface area (Å²) in [6.07, 6.45) is 7.65. The Hall–Kier alpha value is -1.75. The molecule has 0 spiro atoms. The average molecular weight is 373 g/mol. The molecule has 0 unspecified atom stereocenters. The third-order valence-electron chi connectivity index (χ3n) is 6.27. The molecular weight excluding hydrogens is 340 g/mol. The normalized spacial score (nSPS) is 20.1. The lowest BCUT2D eigenvalue weighted by Gasteiger charge is -2.31. The third kappa shape index (κ3) is 4.08. The zero-order valence-corrected chi connectivity index (χ0v) is 16.5. The molecule has 5 heteroatoms. The first-order valence-corrected chi connectivity index (χ1v) is 10.7. The van der Waals surface area contributed by atoms with Crippen molar-refractivity contribution in [3.05, 3.63) is 23.3 Å². The number of hydrogen-bond acceptors (Lipinski definition) is 4. The van der Waals surface area contributed by atoms with Crippen LogP contribution in [0.25, 0.3) is 0 Å². The molecule has 4 rings (SSSR count). The first-order valence-electron chi connectivity index (χ1n) is 10.7. The minimum absolute atomic E-state index is 0.182. The van der Waals surface area contributed by atoms with Crippen molar-refractivity contribution in [3.8, 4) is 5.75 Å². The Bertz CT molecular complexity index is 668. The monoisotopic (exact) mass is 372 g/mol. The minimum Gasteiger partial charge on any atom is -0.493 e. The van der Waals surface area contributed by atoms with E-state index in [0.717, 1.165) is 69.8 Å². The highest BCUT2D eigenvalue weighted by Crippen LogP contribution is 2.38. The molecule has 1 fully saturated rings. The second-order valence-corrected chi connectivity index (χ2v) is 8.11. The highest BCUT2D eigenvalue weighted by Gasteiger charge is 2.30. The summed E-state index contributed by atoms with van der Waals surface area (Å²) in [6, 6.07) is 4.05. The highest BCUT2D eigenvalue weighted by atomic mass is 16.6. The second-order valence-electron chi connectivity index (χ2n) is 8.11. The van der Waals surface area contributed by atoms with Crippen LogP contribution in [0.5, 0.6) is 5.75 Å². The number of likely N-dealkylation sites (tertiary alicyclic amines) is 1. The highest BCUT2D eigenvalue weighted by molar-refractivity contribution is 5.91. The molecule has 0 N–H and O–H groups in total. The van der Waals surface area contributed by atoms with Gasteiger partial charge in [-0.2, -0.15) is 0 Å². The topological polar surface area (TPSA) is 42.0 Å². The van der Waals surface area contributed by atoms with E-state index in [9.17, 15) is 4.79 Å². The summed E-state index contributed by atoms with van der Waals surface area (Å²) < 4.78 is 11.5. The van der Waals surface area contributed by atoms with Crippen LogP contribution in [0.2, 0.25) is 0 Å². The predicted molar refractivity (Wildman–Crippen MR) is 107 cm³/mol. The van der Waals surface area contributed by atoms with Gasteiger partial charge in [-0.25, -0.2) is 4.79 Å². The number of hydrogen-bond donors (Lipinski definition) is 0. The Labute approximate surface area is 162 Å². The van der Waals surface area contributed by atoms with Gasteiger partial charge in [-0.15, -0.1) is 0 Å². The summed E-state index contributed by atoms with van der Waals surface area (Å²) in [6.45, 7) is 7.81. The molecule has 0 saturated carbocycles. The van der Waals surface area contributed by atoms with E-state index >= 15 is 0 Å². The van der Waals surface area contributed by atoms with Gasteiger partial charge in [0.05, 0.1) is 18.9 Å². The summed E-state index contributed by atoms with van der Waals surface area (Å²) in [4.78, 5) is 17.1. The van der Waals surface area contributed by atoms with E-state index in [-0.39, 0.29) is 6.09 Å². The Morgan fingerprint density at radius 3 is 2.85 bits per heavy atom. The van der Waals surface area contributed by atoms with Crippen molar-refractivity contribution < 1.29 is 14.3 Å². The van der Waals surface area contributed by atoms with Crippen LogP contribution >= 0.6 is 0 Å². The van der Waals surface area contributed by atoms with Crippen molar-refractivity contribution in [1.82, 2.24) is 4.90 Å². The number of ether oxygens (including phenoxy) is 2. The molecule has 1 saturated heterocycles. The molecule has 0 aliphatic carbocycles. The van der Waals surface area contributed by atoms with Gasteiger partial charge in [-0.1, -0.05) is 13.3 Å². The van der Waals surface area contributed by atoms with E-state index in [0.29, 0.717) is 12.5 Å². The molecule has 1 aromatic carbocycles. The van der Waals surface area contributed by atoms with Crippen LogP contribution < -0.4 is 9.64 Å². The molecule has 0 radical (unpaired) electrons. The van der Waals surface area contributed by atoms with Crippen molar-refractivity contribution >= 4 is 11.8 Å². The van der Waals surface area contributed by atoms with E-state index in [2.05, 4.69) is 11.8 Å². The van der Waals surface area contributed by atoms with Crippen molar-refractivity contribution in [2.45, 2.75) is 51.9 Å². The summed E-state index contributed by atoms with van der Waals surface area (Å²) >= 11 is 0. The van der Waals surface area contributed by atoms with Gasteiger partial charge in [0, 0.05) is 6.54 Å². The lowest BCUT2D eigenvalue weighted by molar-refractivity contribution is 0.100. The van der Waals surface area contributed by atoms with E-state index in [1.807, 2.05) is 17.0 Å². The number of amides is 1. The fraction of sp³-hybridized carbons (Fsp3) is 0.682. The largest absolute Gasteiger partial charge is 0.493 e. The molecular formula is C22H32N2O3. The summed E-state index contributed by atoms with van der Waals surface area (Å²) in [7, 11) is 0. The number of rotatable bonds is 5. The molecule has 3 heterocycles. The van der Waals surface area contributed by atoms with Crippen LogP contribution in [0.3, 0.4) is 0 Å². The summed E-state index contributed by atoms with van der Waals surface area (Å²) in [5.41, 5.74) is 3.61. The van der Waals surface area contributed by atoms with Crippen LogP contribution in [0.15, 0.2) is 12.1 Å². The van der Waals surface area contributed by atoms with Crippen molar-refractivity contribution in [2.75, 3.05) is 44.3 Å². The zero-order chi connectivity index (χ0) is 18.6. The second kappa shape index (κ2) is 8.51. The molecule has 27 heavy (non-hydrogen) atoms. The molecule has 3 aliphatic heterocycles. The van der Waals surface area contributed by atoms with E-state index in [1.54, 1.807) is 0 Å². The Morgan fingerprint density at radius 1 is 1.19 bits per heavy atom. The number of carbonyl (C=O) groups excluding carboxylic acids is 1. The van der Waals surface area contributed by atoms with Crippen molar-refractivity contribution in [1.29, 1.82) is 0 Å². The van der Waals surface area contributed by atoms with Gasteiger partial charge in [0.2, 0.25) is 0 Å². The van der Waals surface area contributed by atoms with Gasteiger partial charge < -0.3 is 14.4 Å². The van der Waals surface area contributed by atoms with Gasteiger partial charge in [0.25, 0.3) is 0 Å². The standard InChI is InChI=1S/C22H32N2O3/c1-2-3-11-23-12-8-17(9-13-23)16-27-22(25)24-14-10-18-19-5-4-15-26-21(19)7-6-20(18)24/h6-7,17H,2-5,8-16H2,1H3. The Balaban J connectivity index is 1.30. The summed E-state index contributed by atoms with van der Waals surface area (Å²) in [5, 5.41) is 0. The van der Waals surface area contributed by atoms with Crippen LogP contribution in [0, 0.1) is 5.92 Å². The van der Waals surface area contributed by atoms with Crippen LogP contribution in [0.4, 0.5) is 10.5 Å². The Kier molecular flexibility index (Phi) is 5.86. The Morgan fingerprint density at radius 2 is 2.04 bits per heavy atom. The SMILES string of the molecule is CCCCN1CCC(COC(=O)N2CCc3c2ccc2c3CCCO2)CC1. The molecule has 5 nitrogen and oxygen atoms in total. The first-order chi connectivity index (χ1) is 13.3. The molecule has 1 amide bonds. The number of unbranched alkanes of at least 4 members (excludes halogenated alkanes) is 1. The van der Waals surface area contributed by atoms with E-state index in [1.165, 1.54) is 30.5 Å². The van der Waals surface area contributed by atoms with Crippen LogP contribution in [-0.4, -0.2) is 50.4 Å². The number of fused-ring (bicyclic) bond motifs is 3. The molecule has 1 aromatic rings. The van der Waals surface area contributed by atoms with Gasteiger partial charge in [-0.3, -0.25) is 4.90 Å². The number of anilines is 1. The van der Waals surface area contributed by atoms with Crippen LogP contribution in [-0.2, 0) is 17.6 Å². The van der Waals surface area contributed by atoms with E-state index < -0.39 is 0 Å². The van der Waals surface area contributed by atoms with Crippen LogP contribution in [0.1, 0.15) is 50.2 Å². The molecule has 0 bridgehead atoms. The van der Waals surface area contributed by atoms with E-state index in [4.69, 9.17) is 9.47 Å². The number of nitrogens with zero attached hydrogens (tertiary/aromatic N) is 2. The lowest BCUT2D eigenvalue weighted by atomic mass is 9.97. The smallest absolute Gasteiger partial charge is 0.414 e. The zero-order valence-electron chi connectivity index (χ0n) is 16.5. The van der Waals surface area contributed by atoms with Gasteiger partial charge in [-0.05, 0) is 87.3 Å². The minimum atomic E-state index is -0.182. The van der Waals surface area contributed by atoms with Crippen molar-refractivity contribution in [2.24, 2.45) is 5.92 Å². The van der Waals surface area contributed by atoms with Gasteiger partial charge in [0.15, 0.2) is 0 Å². The number of piperidine rings is 1. The number of carbonyl (C=O) groups is 1. The molecule has 148 valence electrons. The van der Waals surface area contributed by atoms with Gasteiger partial charge >= 0.3 is 6.09 Å². The molecule has 0 aromatic heterocycles. The fourth-order valence-corrected chi connectivity index (χ4v) is 4.59. The predicted octanol–water partition coefficient (Wildman–Crippen LogP) is 4.02. The number of benzene rings is 1.